The van der Waals surface area contributed by atoms with Crippen molar-refractivity contribution in [2.45, 2.75) is 150 Å². The summed E-state index contributed by atoms with van der Waals surface area (Å²) in [5.74, 6) is 5.76. The number of rotatable bonds is 13. The van der Waals surface area contributed by atoms with Crippen molar-refractivity contribution in [2.24, 2.45) is 46.3 Å². The minimum absolute atomic E-state index is 0.390. The molecule has 2 heteroatoms. The second-order valence-corrected chi connectivity index (χ2v) is 15.7. The zero-order chi connectivity index (χ0) is 28.9. The van der Waals surface area contributed by atoms with Crippen LogP contribution in [0.4, 0.5) is 0 Å². The Morgan fingerprint density at radius 3 is 2.41 bits per heavy atom. The molecular formula is C39H63NO. The van der Waals surface area contributed by atoms with Gasteiger partial charge in [0, 0.05) is 19.5 Å². The van der Waals surface area contributed by atoms with Gasteiger partial charge in [0.1, 0.15) is 0 Å². The van der Waals surface area contributed by atoms with E-state index < -0.39 is 0 Å². The SMILES string of the molecule is CCCCCCCCN(Cc1ccccc1)C(=O)CC[C@@H](C)[C@H]1CC[C@H]2[C@@H]3CCC4CCCC[C@]4(C)[C@H]3CC[C@]12C. The lowest BCUT2D eigenvalue weighted by Crippen LogP contribution is -2.53. The van der Waals surface area contributed by atoms with Crippen molar-refractivity contribution < 1.29 is 4.79 Å². The third-order valence-corrected chi connectivity index (χ3v) is 13.5. The number of carbonyl (C=O) groups is 1. The molecule has 0 saturated heterocycles. The fourth-order valence-electron chi connectivity index (χ4n) is 11.2. The molecule has 1 amide bonds. The summed E-state index contributed by atoms with van der Waals surface area (Å²) in [5.41, 5.74) is 2.41. The molecule has 0 bridgehead atoms. The maximum Gasteiger partial charge on any atom is 0.222 e. The van der Waals surface area contributed by atoms with E-state index in [0.29, 0.717) is 22.7 Å². The summed E-state index contributed by atoms with van der Waals surface area (Å²) in [4.78, 5) is 15.9. The summed E-state index contributed by atoms with van der Waals surface area (Å²) in [6, 6.07) is 10.7. The van der Waals surface area contributed by atoms with Gasteiger partial charge in [0.05, 0.1) is 0 Å². The Morgan fingerprint density at radius 1 is 0.854 bits per heavy atom. The Morgan fingerprint density at radius 2 is 1.61 bits per heavy atom. The van der Waals surface area contributed by atoms with Crippen LogP contribution in [-0.2, 0) is 11.3 Å². The number of benzene rings is 1. The van der Waals surface area contributed by atoms with Crippen LogP contribution in [0.1, 0.15) is 149 Å². The van der Waals surface area contributed by atoms with Crippen LogP contribution in [0.25, 0.3) is 0 Å². The molecule has 0 spiro atoms. The number of amides is 1. The second kappa shape index (κ2) is 14.0. The number of hydrogen-bond donors (Lipinski definition) is 0. The van der Waals surface area contributed by atoms with Gasteiger partial charge in [-0.05, 0) is 116 Å². The van der Waals surface area contributed by atoms with Gasteiger partial charge in [-0.2, -0.15) is 0 Å². The quantitative estimate of drug-likeness (QED) is 0.219. The molecule has 0 heterocycles. The smallest absolute Gasteiger partial charge is 0.222 e. The molecule has 1 aromatic rings. The topological polar surface area (TPSA) is 20.3 Å². The van der Waals surface area contributed by atoms with Crippen LogP contribution in [0.3, 0.4) is 0 Å². The predicted octanol–water partition coefficient (Wildman–Crippen LogP) is 10.8. The summed E-state index contributed by atoms with van der Waals surface area (Å²) in [6.45, 7) is 11.9. The Bertz CT molecular complexity index is 958. The van der Waals surface area contributed by atoms with Crippen molar-refractivity contribution in [3.8, 4) is 0 Å². The molecule has 1 unspecified atom stereocenters. The van der Waals surface area contributed by atoms with Gasteiger partial charge in [0.15, 0.2) is 0 Å². The van der Waals surface area contributed by atoms with E-state index in [2.05, 4.69) is 62.9 Å². The van der Waals surface area contributed by atoms with Crippen LogP contribution in [0.2, 0.25) is 0 Å². The van der Waals surface area contributed by atoms with Crippen LogP contribution in [0.15, 0.2) is 30.3 Å². The minimum Gasteiger partial charge on any atom is -0.338 e. The molecule has 0 aliphatic heterocycles. The van der Waals surface area contributed by atoms with Gasteiger partial charge in [0.25, 0.3) is 0 Å². The third-order valence-electron chi connectivity index (χ3n) is 13.5. The average molecular weight is 562 g/mol. The Hall–Kier alpha value is -1.31. The number of unbranched alkanes of at least 4 members (excludes halogenated alkanes) is 5. The molecule has 230 valence electrons. The molecule has 4 aliphatic carbocycles. The molecule has 0 N–H and O–H groups in total. The lowest BCUT2D eigenvalue weighted by molar-refractivity contribution is -0.132. The normalized spacial score (nSPS) is 35.3. The molecule has 1 aromatic carbocycles. The highest BCUT2D eigenvalue weighted by Crippen LogP contribution is 2.68. The van der Waals surface area contributed by atoms with E-state index in [0.717, 1.165) is 61.9 Å². The predicted molar refractivity (Wildman–Crippen MR) is 173 cm³/mol. The third kappa shape index (κ3) is 6.77. The molecule has 4 aliphatic rings. The first-order valence-electron chi connectivity index (χ1n) is 18.2. The first-order valence-corrected chi connectivity index (χ1v) is 18.2. The highest BCUT2D eigenvalue weighted by Gasteiger charge is 2.60. The molecule has 4 saturated carbocycles. The van der Waals surface area contributed by atoms with Crippen molar-refractivity contribution >= 4 is 5.91 Å². The minimum atomic E-state index is 0.390. The Balaban J connectivity index is 1.17. The van der Waals surface area contributed by atoms with Gasteiger partial charge >= 0.3 is 0 Å². The number of carbonyl (C=O) groups excluding carboxylic acids is 1. The summed E-state index contributed by atoms with van der Waals surface area (Å²) >= 11 is 0. The van der Waals surface area contributed by atoms with E-state index in [9.17, 15) is 4.79 Å². The van der Waals surface area contributed by atoms with E-state index in [1.54, 1.807) is 0 Å². The molecule has 5 rings (SSSR count). The van der Waals surface area contributed by atoms with Crippen molar-refractivity contribution in [1.82, 2.24) is 4.90 Å². The highest BCUT2D eigenvalue weighted by atomic mass is 16.2. The van der Waals surface area contributed by atoms with Gasteiger partial charge in [-0.25, -0.2) is 0 Å². The Kier molecular flexibility index (Phi) is 10.6. The number of fused-ring (bicyclic) bond motifs is 5. The number of hydrogen-bond acceptors (Lipinski definition) is 1. The standard InChI is InChI=1S/C39H63NO/c1-5-6-7-8-9-15-28-40(29-31-16-11-10-12-17-31)37(41)24-19-30(2)34-22-23-35-33-21-20-32-18-13-14-26-38(32,3)36(33)25-27-39(34,35)4/h10-12,16-17,30,32-36H,5-9,13-15,18-29H2,1-4H3/t30-,32?,33+,34-,35+,36+,38+,39-/m1/s1. The number of nitrogens with zero attached hydrogens (tertiary/aromatic N) is 1. The zero-order valence-electron chi connectivity index (χ0n) is 27.3. The molecule has 4 fully saturated rings. The highest BCUT2D eigenvalue weighted by molar-refractivity contribution is 5.76. The summed E-state index contributed by atoms with van der Waals surface area (Å²) in [5, 5.41) is 0. The molecule has 0 radical (unpaired) electrons. The van der Waals surface area contributed by atoms with E-state index in [-0.39, 0.29) is 0 Å². The Labute approximate surface area is 253 Å². The van der Waals surface area contributed by atoms with E-state index in [1.165, 1.54) is 102 Å². The van der Waals surface area contributed by atoms with E-state index in [1.807, 2.05) is 0 Å². The average Bonchev–Trinajstić information content (AvgIpc) is 3.34. The van der Waals surface area contributed by atoms with Crippen LogP contribution in [0.5, 0.6) is 0 Å². The molecule has 41 heavy (non-hydrogen) atoms. The van der Waals surface area contributed by atoms with Gasteiger partial charge in [-0.1, -0.05) is 103 Å². The lowest BCUT2D eigenvalue weighted by Gasteiger charge is -2.61. The summed E-state index contributed by atoms with van der Waals surface area (Å²) < 4.78 is 0. The van der Waals surface area contributed by atoms with Crippen molar-refractivity contribution in [2.75, 3.05) is 6.54 Å². The van der Waals surface area contributed by atoms with Crippen molar-refractivity contribution in [3.63, 3.8) is 0 Å². The fraction of sp³-hybridized carbons (Fsp3) is 0.821. The summed E-state index contributed by atoms with van der Waals surface area (Å²) in [7, 11) is 0. The van der Waals surface area contributed by atoms with Crippen LogP contribution < -0.4 is 0 Å². The van der Waals surface area contributed by atoms with Gasteiger partial charge in [-0.3, -0.25) is 4.79 Å². The zero-order valence-corrected chi connectivity index (χ0v) is 27.3. The van der Waals surface area contributed by atoms with E-state index >= 15 is 0 Å². The van der Waals surface area contributed by atoms with Crippen LogP contribution in [-0.4, -0.2) is 17.4 Å². The maximum atomic E-state index is 13.7. The lowest BCUT2D eigenvalue weighted by atomic mass is 9.44. The first-order chi connectivity index (χ1) is 19.9. The monoisotopic (exact) mass is 561 g/mol. The van der Waals surface area contributed by atoms with Crippen LogP contribution >= 0.6 is 0 Å². The molecule has 2 nitrogen and oxygen atoms in total. The van der Waals surface area contributed by atoms with Crippen molar-refractivity contribution in [3.05, 3.63) is 35.9 Å². The molecule has 8 atom stereocenters. The largest absolute Gasteiger partial charge is 0.338 e. The fourth-order valence-corrected chi connectivity index (χ4v) is 11.2. The van der Waals surface area contributed by atoms with Gasteiger partial charge < -0.3 is 4.90 Å². The van der Waals surface area contributed by atoms with Crippen molar-refractivity contribution in [1.29, 1.82) is 0 Å². The van der Waals surface area contributed by atoms with E-state index in [4.69, 9.17) is 0 Å². The first kappa shape index (κ1) is 31.1. The van der Waals surface area contributed by atoms with Crippen LogP contribution in [0, 0.1) is 46.3 Å². The summed E-state index contributed by atoms with van der Waals surface area (Å²) in [6.07, 6.45) is 24.3. The maximum absolute atomic E-state index is 13.7. The van der Waals surface area contributed by atoms with Gasteiger partial charge in [0.2, 0.25) is 5.91 Å². The second-order valence-electron chi connectivity index (χ2n) is 15.7. The molecule has 0 aromatic heterocycles. The molecular weight excluding hydrogens is 498 g/mol. The van der Waals surface area contributed by atoms with Gasteiger partial charge in [-0.15, -0.1) is 0 Å².